The van der Waals surface area contributed by atoms with Crippen molar-refractivity contribution >= 4 is 17.5 Å². The number of benzene rings is 2. The molecule has 3 aromatic rings. The largest absolute Gasteiger partial charge is 0.338 e. The number of nitrogens with two attached hydrogens (primary N) is 1. The molecule has 1 amide bonds. The Labute approximate surface area is 161 Å². The standard InChI is InChI=1S/C20H19ClN4O2/c21-15-5-3-4-14(10-15)18-23-19(27-24-18)16-6-1-2-7-17(16)20(26)25-9-8-13(11-22)12-25/h1-7,10,13H,8-9,11-12,22H2. The Bertz CT molecular complexity index is 972. The Balaban J connectivity index is 1.65. The fraction of sp³-hybridized carbons (Fsp3) is 0.250. The van der Waals surface area contributed by atoms with E-state index in [1.165, 1.54) is 0 Å². The van der Waals surface area contributed by atoms with Gasteiger partial charge in [-0.3, -0.25) is 4.79 Å². The molecule has 2 N–H and O–H groups in total. The molecule has 0 aliphatic carbocycles. The molecule has 7 heteroatoms. The van der Waals surface area contributed by atoms with Crippen LogP contribution in [0, 0.1) is 5.92 Å². The lowest BCUT2D eigenvalue weighted by atomic mass is 10.1. The Hall–Kier alpha value is -2.70. The van der Waals surface area contributed by atoms with Gasteiger partial charge in [0.2, 0.25) is 5.82 Å². The second-order valence-electron chi connectivity index (χ2n) is 6.62. The van der Waals surface area contributed by atoms with Gasteiger partial charge >= 0.3 is 0 Å². The molecule has 6 nitrogen and oxygen atoms in total. The zero-order chi connectivity index (χ0) is 18.8. The van der Waals surface area contributed by atoms with Crippen LogP contribution in [0.1, 0.15) is 16.8 Å². The van der Waals surface area contributed by atoms with Crippen LogP contribution in [-0.4, -0.2) is 40.6 Å². The molecule has 138 valence electrons. The maximum absolute atomic E-state index is 13.0. The Morgan fingerprint density at radius 3 is 2.89 bits per heavy atom. The van der Waals surface area contributed by atoms with E-state index >= 15 is 0 Å². The lowest BCUT2D eigenvalue weighted by Crippen LogP contribution is -2.30. The Kier molecular flexibility index (Phi) is 4.92. The highest BCUT2D eigenvalue weighted by Crippen LogP contribution is 2.28. The van der Waals surface area contributed by atoms with Crippen molar-refractivity contribution in [3.63, 3.8) is 0 Å². The van der Waals surface area contributed by atoms with Crippen molar-refractivity contribution in [1.82, 2.24) is 15.0 Å². The molecule has 27 heavy (non-hydrogen) atoms. The van der Waals surface area contributed by atoms with E-state index in [4.69, 9.17) is 21.9 Å². The molecule has 1 aliphatic rings. The molecule has 1 aromatic heterocycles. The second-order valence-corrected chi connectivity index (χ2v) is 7.06. The molecule has 0 bridgehead atoms. The maximum Gasteiger partial charge on any atom is 0.259 e. The van der Waals surface area contributed by atoms with Gasteiger partial charge in [-0.2, -0.15) is 4.98 Å². The van der Waals surface area contributed by atoms with E-state index < -0.39 is 0 Å². The predicted octanol–water partition coefficient (Wildman–Crippen LogP) is 3.48. The molecule has 2 heterocycles. The quantitative estimate of drug-likeness (QED) is 0.746. The predicted molar refractivity (Wildman–Crippen MR) is 103 cm³/mol. The topological polar surface area (TPSA) is 85.2 Å². The molecule has 1 unspecified atom stereocenters. The number of carbonyl (C=O) groups is 1. The first-order valence-corrected chi connectivity index (χ1v) is 9.22. The summed E-state index contributed by atoms with van der Waals surface area (Å²) in [5.41, 5.74) is 7.68. The number of rotatable bonds is 4. The van der Waals surface area contributed by atoms with Crippen LogP contribution < -0.4 is 5.73 Å². The number of aromatic nitrogens is 2. The van der Waals surface area contributed by atoms with E-state index in [1.807, 2.05) is 35.2 Å². The molecular formula is C20H19ClN4O2. The number of likely N-dealkylation sites (tertiary alicyclic amines) is 1. The summed E-state index contributed by atoms with van der Waals surface area (Å²) in [6.45, 7) is 1.99. The van der Waals surface area contributed by atoms with Gasteiger partial charge in [0, 0.05) is 23.7 Å². The summed E-state index contributed by atoms with van der Waals surface area (Å²) in [5, 5.41) is 4.64. The molecule has 0 radical (unpaired) electrons. The second kappa shape index (κ2) is 7.50. The number of halogens is 1. The van der Waals surface area contributed by atoms with E-state index in [2.05, 4.69) is 10.1 Å². The van der Waals surface area contributed by atoms with Crippen molar-refractivity contribution in [2.45, 2.75) is 6.42 Å². The van der Waals surface area contributed by atoms with Gasteiger partial charge in [-0.1, -0.05) is 41.0 Å². The van der Waals surface area contributed by atoms with Crippen molar-refractivity contribution < 1.29 is 9.32 Å². The third-order valence-electron chi connectivity index (χ3n) is 4.80. The minimum absolute atomic E-state index is 0.0379. The first-order valence-electron chi connectivity index (χ1n) is 8.84. The van der Waals surface area contributed by atoms with Crippen molar-refractivity contribution in [2.24, 2.45) is 11.7 Å². The van der Waals surface area contributed by atoms with E-state index in [1.54, 1.807) is 18.2 Å². The van der Waals surface area contributed by atoms with E-state index in [9.17, 15) is 4.79 Å². The first kappa shape index (κ1) is 17.7. The summed E-state index contributed by atoms with van der Waals surface area (Å²) >= 11 is 6.04. The summed E-state index contributed by atoms with van der Waals surface area (Å²) in [6.07, 6.45) is 0.934. The first-order chi connectivity index (χ1) is 13.2. The van der Waals surface area contributed by atoms with Gasteiger partial charge in [-0.15, -0.1) is 0 Å². The van der Waals surface area contributed by atoms with Gasteiger partial charge < -0.3 is 15.2 Å². The number of hydrogen-bond acceptors (Lipinski definition) is 5. The summed E-state index contributed by atoms with van der Waals surface area (Å²) in [6, 6.07) is 14.5. The Morgan fingerprint density at radius 1 is 1.26 bits per heavy atom. The summed E-state index contributed by atoms with van der Waals surface area (Å²) in [4.78, 5) is 19.3. The minimum atomic E-state index is -0.0379. The number of carbonyl (C=O) groups excluding carboxylic acids is 1. The number of amides is 1. The van der Waals surface area contributed by atoms with Crippen LogP contribution >= 0.6 is 11.6 Å². The van der Waals surface area contributed by atoms with Crippen LogP contribution in [0.4, 0.5) is 0 Å². The highest BCUT2D eigenvalue weighted by atomic mass is 35.5. The summed E-state index contributed by atoms with van der Waals surface area (Å²) < 4.78 is 5.45. The molecule has 0 saturated carbocycles. The van der Waals surface area contributed by atoms with Crippen molar-refractivity contribution in [1.29, 1.82) is 0 Å². The average Bonchev–Trinajstić information content (AvgIpc) is 3.37. The lowest BCUT2D eigenvalue weighted by Gasteiger charge is -2.17. The maximum atomic E-state index is 13.0. The van der Waals surface area contributed by atoms with E-state index in [0.29, 0.717) is 53.4 Å². The molecule has 2 aromatic carbocycles. The van der Waals surface area contributed by atoms with Gasteiger partial charge in [0.25, 0.3) is 11.8 Å². The van der Waals surface area contributed by atoms with Gasteiger partial charge in [0.05, 0.1) is 11.1 Å². The van der Waals surface area contributed by atoms with Gasteiger partial charge in [0.1, 0.15) is 0 Å². The highest BCUT2D eigenvalue weighted by Gasteiger charge is 2.28. The minimum Gasteiger partial charge on any atom is -0.338 e. The summed E-state index contributed by atoms with van der Waals surface area (Å²) in [5.74, 6) is 1.06. The fourth-order valence-electron chi connectivity index (χ4n) is 3.31. The molecule has 1 fully saturated rings. The van der Waals surface area contributed by atoms with Crippen LogP contribution in [0.3, 0.4) is 0 Å². The third kappa shape index (κ3) is 3.59. The van der Waals surface area contributed by atoms with Crippen LogP contribution in [0.2, 0.25) is 5.02 Å². The van der Waals surface area contributed by atoms with Crippen LogP contribution in [0.15, 0.2) is 53.1 Å². The molecule has 0 spiro atoms. The van der Waals surface area contributed by atoms with Crippen LogP contribution in [0.5, 0.6) is 0 Å². The molecule has 1 saturated heterocycles. The van der Waals surface area contributed by atoms with Gasteiger partial charge in [-0.05, 0) is 43.1 Å². The van der Waals surface area contributed by atoms with Crippen molar-refractivity contribution in [2.75, 3.05) is 19.6 Å². The van der Waals surface area contributed by atoms with Gasteiger partial charge in [0.15, 0.2) is 0 Å². The number of nitrogens with zero attached hydrogens (tertiary/aromatic N) is 3. The highest BCUT2D eigenvalue weighted by molar-refractivity contribution is 6.30. The molecule has 4 rings (SSSR count). The molecule has 1 aliphatic heterocycles. The van der Waals surface area contributed by atoms with Crippen LogP contribution in [0.25, 0.3) is 22.8 Å². The van der Waals surface area contributed by atoms with Crippen molar-refractivity contribution in [3.05, 3.63) is 59.1 Å². The van der Waals surface area contributed by atoms with Crippen molar-refractivity contribution in [3.8, 4) is 22.8 Å². The smallest absolute Gasteiger partial charge is 0.259 e. The van der Waals surface area contributed by atoms with Gasteiger partial charge in [-0.25, -0.2) is 0 Å². The SMILES string of the molecule is NCC1CCN(C(=O)c2ccccc2-c2nc(-c3cccc(Cl)c3)no2)C1. The van der Waals surface area contributed by atoms with E-state index in [-0.39, 0.29) is 5.91 Å². The zero-order valence-electron chi connectivity index (χ0n) is 14.6. The van der Waals surface area contributed by atoms with E-state index in [0.717, 1.165) is 12.0 Å². The molecule has 1 atom stereocenters. The third-order valence-corrected chi connectivity index (χ3v) is 5.04. The normalized spacial score (nSPS) is 16.7. The zero-order valence-corrected chi connectivity index (χ0v) is 15.4. The fourth-order valence-corrected chi connectivity index (χ4v) is 3.50. The monoisotopic (exact) mass is 382 g/mol. The molecular weight excluding hydrogens is 364 g/mol. The lowest BCUT2D eigenvalue weighted by molar-refractivity contribution is 0.0788. The summed E-state index contributed by atoms with van der Waals surface area (Å²) in [7, 11) is 0. The Morgan fingerprint density at radius 2 is 2.11 bits per heavy atom. The number of hydrogen-bond donors (Lipinski definition) is 1. The van der Waals surface area contributed by atoms with Crippen LogP contribution in [-0.2, 0) is 0 Å². The average molecular weight is 383 g/mol.